The number of amides is 1. The third-order valence-corrected chi connectivity index (χ3v) is 6.60. The lowest BCUT2D eigenvalue weighted by Crippen LogP contribution is -2.49. The van der Waals surface area contributed by atoms with Crippen LogP contribution in [0.2, 0.25) is 0 Å². The summed E-state index contributed by atoms with van der Waals surface area (Å²) in [7, 11) is 0. The van der Waals surface area contributed by atoms with Crippen molar-refractivity contribution < 1.29 is 13.6 Å². The van der Waals surface area contributed by atoms with Gasteiger partial charge in [0.05, 0.1) is 6.04 Å². The molecule has 3 aliphatic heterocycles. The molecule has 0 bridgehead atoms. The summed E-state index contributed by atoms with van der Waals surface area (Å²) in [6, 6.07) is 3.78. The van der Waals surface area contributed by atoms with Crippen molar-refractivity contribution in [1.29, 1.82) is 0 Å². The van der Waals surface area contributed by atoms with Gasteiger partial charge in [0.1, 0.15) is 11.6 Å². The van der Waals surface area contributed by atoms with Gasteiger partial charge >= 0.3 is 0 Å². The third kappa shape index (κ3) is 4.70. The fourth-order valence-electron chi connectivity index (χ4n) is 4.94. The highest BCUT2D eigenvalue weighted by molar-refractivity contribution is 5.82. The minimum Gasteiger partial charge on any atom is -0.352 e. The van der Waals surface area contributed by atoms with Crippen molar-refractivity contribution in [1.82, 2.24) is 20.9 Å². The molecule has 4 rings (SSSR count). The first-order valence-electron chi connectivity index (χ1n) is 10.4. The highest BCUT2D eigenvalue weighted by Gasteiger charge is 2.42. The zero-order chi connectivity index (χ0) is 19.6. The number of piperidine rings is 2. The molecule has 1 amide bonds. The quantitative estimate of drug-likeness (QED) is 0.731. The van der Waals surface area contributed by atoms with Gasteiger partial charge in [0.25, 0.3) is 0 Å². The topological polar surface area (TPSA) is 56.4 Å². The Morgan fingerprint density at radius 1 is 1.14 bits per heavy atom. The van der Waals surface area contributed by atoms with Crippen molar-refractivity contribution in [3.63, 3.8) is 0 Å². The first-order valence-corrected chi connectivity index (χ1v) is 10.4. The highest BCUT2D eigenvalue weighted by atomic mass is 19.1. The normalized spacial score (nSPS) is 25.9. The van der Waals surface area contributed by atoms with Crippen LogP contribution in [0.5, 0.6) is 0 Å². The Kier molecular flexibility index (Phi) is 5.94. The van der Waals surface area contributed by atoms with Crippen LogP contribution >= 0.6 is 0 Å². The molecule has 0 saturated carbocycles. The average molecular weight is 392 g/mol. The molecule has 3 saturated heterocycles. The Morgan fingerprint density at radius 3 is 2.50 bits per heavy atom. The van der Waals surface area contributed by atoms with Gasteiger partial charge in [-0.15, -0.1) is 0 Å². The maximum Gasteiger partial charge on any atom is 0.237 e. The Labute approximate surface area is 165 Å². The first kappa shape index (κ1) is 19.7. The van der Waals surface area contributed by atoms with Crippen LogP contribution in [-0.4, -0.2) is 55.6 Å². The number of hydrogen-bond acceptors (Lipinski definition) is 4. The molecule has 1 spiro atoms. The van der Waals surface area contributed by atoms with Crippen molar-refractivity contribution in [3.8, 4) is 0 Å². The molecule has 0 unspecified atom stereocenters. The molecule has 0 radical (unpaired) electrons. The van der Waals surface area contributed by atoms with Crippen molar-refractivity contribution in [2.75, 3.05) is 32.7 Å². The Morgan fingerprint density at radius 2 is 1.82 bits per heavy atom. The Bertz CT molecular complexity index is 679. The van der Waals surface area contributed by atoms with E-state index in [9.17, 15) is 13.6 Å². The number of benzene rings is 1. The van der Waals surface area contributed by atoms with Crippen LogP contribution in [-0.2, 0) is 11.3 Å². The maximum absolute atomic E-state index is 13.4. The number of hydrogen-bond donors (Lipinski definition) is 3. The van der Waals surface area contributed by atoms with Gasteiger partial charge in [0, 0.05) is 38.3 Å². The van der Waals surface area contributed by atoms with Gasteiger partial charge in [-0.25, -0.2) is 8.78 Å². The molecule has 5 nitrogen and oxygen atoms in total. The van der Waals surface area contributed by atoms with Crippen LogP contribution in [0.15, 0.2) is 18.2 Å². The summed E-state index contributed by atoms with van der Waals surface area (Å²) >= 11 is 0. The zero-order valence-electron chi connectivity index (χ0n) is 16.3. The van der Waals surface area contributed by atoms with Gasteiger partial charge in [0.15, 0.2) is 0 Å². The van der Waals surface area contributed by atoms with Crippen LogP contribution in [0, 0.1) is 17.0 Å². The van der Waals surface area contributed by atoms with Gasteiger partial charge < -0.3 is 16.0 Å². The van der Waals surface area contributed by atoms with Gasteiger partial charge in [-0.1, -0.05) is 0 Å². The Hall–Kier alpha value is -1.57. The summed E-state index contributed by atoms with van der Waals surface area (Å²) in [6.07, 6.45) is 4.95. The number of nitrogens with zero attached hydrogens (tertiary/aromatic N) is 1. The number of carbonyl (C=O) groups excluding carboxylic acids is 1. The third-order valence-electron chi connectivity index (χ3n) is 6.60. The monoisotopic (exact) mass is 392 g/mol. The van der Waals surface area contributed by atoms with E-state index < -0.39 is 11.6 Å². The van der Waals surface area contributed by atoms with Crippen LogP contribution < -0.4 is 16.0 Å². The predicted octanol–water partition coefficient (Wildman–Crippen LogP) is 1.78. The smallest absolute Gasteiger partial charge is 0.237 e. The van der Waals surface area contributed by atoms with E-state index in [4.69, 9.17) is 0 Å². The molecule has 154 valence electrons. The lowest BCUT2D eigenvalue weighted by atomic mass is 9.77. The predicted molar refractivity (Wildman–Crippen MR) is 104 cm³/mol. The number of nitrogens with one attached hydrogen (secondary N) is 3. The molecule has 3 heterocycles. The van der Waals surface area contributed by atoms with Crippen molar-refractivity contribution >= 4 is 5.91 Å². The zero-order valence-corrected chi connectivity index (χ0v) is 16.3. The molecular formula is C21H30F2N4O. The van der Waals surface area contributed by atoms with Crippen molar-refractivity contribution in [2.45, 2.75) is 50.7 Å². The second-order valence-electron chi connectivity index (χ2n) is 8.72. The number of rotatable bonds is 4. The summed E-state index contributed by atoms with van der Waals surface area (Å²) in [5.41, 5.74) is 0.944. The fraction of sp³-hybridized carbons (Fsp3) is 0.667. The van der Waals surface area contributed by atoms with Gasteiger partial charge in [0.2, 0.25) is 5.91 Å². The summed E-state index contributed by atoms with van der Waals surface area (Å²) in [6.45, 7) is 5.20. The lowest BCUT2D eigenvalue weighted by molar-refractivity contribution is -0.124. The fourth-order valence-corrected chi connectivity index (χ4v) is 4.94. The number of halogens is 2. The van der Waals surface area contributed by atoms with Crippen LogP contribution in [0.3, 0.4) is 0 Å². The highest BCUT2D eigenvalue weighted by Crippen LogP contribution is 2.37. The van der Waals surface area contributed by atoms with Crippen LogP contribution in [0.1, 0.15) is 37.7 Å². The standard InChI is InChI=1S/C21H30F2N4O/c22-16-9-15(10-17(23)11-16)13-27-7-1-18(2-8-27)26-20(28)19-12-21(14-25-19)3-5-24-6-4-21/h9-11,18-19,24-25H,1-8,12-14H2,(H,26,28)/t19-/m0/s1. The SMILES string of the molecule is O=C(NC1CCN(Cc2cc(F)cc(F)c2)CC1)[C@@H]1CC2(CCNCC2)CN1. The molecule has 3 fully saturated rings. The maximum atomic E-state index is 13.4. The van der Waals surface area contributed by atoms with Gasteiger partial charge in [-0.3, -0.25) is 9.69 Å². The molecule has 1 aromatic carbocycles. The lowest BCUT2D eigenvalue weighted by Gasteiger charge is -2.34. The second-order valence-corrected chi connectivity index (χ2v) is 8.72. The second kappa shape index (κ2) is 8.43. The van der Waals surface area contributed by atoms with E-state index >= 15 is 0 Å². The molecular weight excluding hydrogens is 362 g/mol. The van der Waals surface area contributed by atoms with E-state index in [1.807, 2.05) is 0 Å². The van der Waals surface area contributed by atoms with Gasteiger partial charge in [-0.2, -0.15) is 0 Å². The summed E-state index contributed by atoms with van der Waals surface area (Å²) in [4.78, 5) is 14.9. The number of carbonyl (C=O) groups is 1. The molecule has 7 heteroatoms. The van der Waals surface area contributed by atoms with E-state index in [2.05, 4.69) is 20.9 Å². The summed E-state index contributed by atoms with van der Waals surface area (Å²) < 4.78 is 26.7. The summed E-state index contributed by atoms with van der Waals surface area (Å²) in [5, 5.41) is 10.1. The van der Waals surface area contributed by atoms with Gasteiger partial charge in [-0.05, 0) is 68.3 Å². The van der Waals surface area contributed by atoms with E-state index in [-0.39, 0.29) is 23.4 Å². The molecule has 1 atom stereocenters. The molecule has 0 aliphatic carbocycles. The van der Waals surface area contributed by atoms with Crippen LogP contribution in [0.25, 0.3) is 0 Å². The van der Waals surface area contributed by atoms with Crippen molar-refractivity contribution in [2.24, 2.45) is 5.41 Å². The molecule has 28 heavy (non-hydrogen) atoms. The molecule has 3 aliphatic rings. The number of likely N-dealkylation sites (tertiary alicyclic amines) is 1. The van der Waals surface area contributed by atoms with E-state index in [0.717, 1.165) is 70.9 Å². The molecule has 0 aromatic heterocycles. The van der Waals surface area contributed by atoms with E-state index in [1.54, 1.807) is 0 Å². The minimum atomic E-state index is -0.535. The molecule has 1 aromatic rings. The Balaban J connectivity index is 1.22. The largest absolute Gasteiger partial charge is 0.352 e. The summed E-state index contributed by atoms with van der Waals surface area (Å²) in [5.74, 6) is -0.943. The van der Waals surface area contributed by atoms with E-state index in [0.29, 0.717) is 12.1 Å². The first-order chi connectivity index (χ1) is 13.5. The van der Waals surface area contributed by atoms with E-state index in [1.165, 1.54) is 12.1 Å². The minimum absolute atomic E-state index is 0.0774. The van der Waals surface area contributed by atoms with Crippen molar-refractivity contribution in [3.05, 3.63) is 35.4 Å². The molecule has 3 N–H and O–H groups in total. The average Bonchev–Trinajstić information content (AvgIpc) is 3.06. The van der Waals surface area contributed by atoms with Crippen LogP contribution in [0.4, 0.5) is 8.78 Å².